The number of rotatable bonds is 2. The molecule has 0 unspecified atom stereocenters. The number of carbonyl (C=O) groups excluding carboxylic acids is 1. The van der Waals surface area contributed by atoms with Crippen LogP contribution >= 0.6 is 0 Å². The summed E-state index contributed by atoms with van der Waals surface area (Å²) in [5.74, 6) is -0.206. The largest absolute Gasteiger partial charge is 0.496 e. The van der Waals surface area contributed by atoms with Crippen molar-refractivity contribution in [1.82, 2.24) is 10.2 Å². The van der Waals surface area contributed by atoms with Gasteiger partial charge in [-0.1, -0.05) is 0 Å². The molecule has 0 spiro atoms. The number of halogens is 1. The lowest BCUT2D eigenvalue weighted by atomic mass is 10.1. The minimum absolute atomic E-state index is 0.184. The smallest absolute Gasteiger partial charge is 0.257 e. The number of benzene rings is 1. The van der Waals surface area contributed by atoms with Crippen LogP contribution in [0.15, 0.2) is 18.2 Å². The van der Waals surface area contributed by atoms with Crippen LogP contribution in [-0.4, -0.2) is 43.1 Å². The highest BCUT2D eigenvalue weighted by atomic mass is 19.1. The highest BCUT2D eigenvalue weighted by molar-refractivity contribution is 5.97. The summed E-state index contributed by atoms with van der Waals surface area (Å²) < 4.78 is 18.5. The maximum Gasteiger partial charge on any atom is 0.257 e. The maximum atomic E-state index is 13.3. The molecule has 1 amide bonds. The number of ether oxygens (including phenoxy) is 1. The first-order valence-electron chi connectivity index (χ1n) is 6.40. The fourth-order valence-corrected chi connectivity index (χ4v) is 2.51. The standard InChI is InChI=1S/C14H19FN2O2/c1-9-7-17(8-10(2)16-9)14(18)12-6-11(15)4-5-13(12)19-3/h4-6,9-10,16H,7-8H2,1-3H3/t9-,10-/m1/s1. The van der Waals surface area contributed by atoms with Crippen LogP contribution in [0.5, 0.6) is 5.75 Å². The summed E-state index contributed by atoms with van der Waals surface area (Å²) in [5, 5.41) is 3.36. The van der Waals surface area contributed by atoms with Gasteiger partial charge >= 0.3 is 0 Å². The van der Waals surface area contributed by atoms with Crippen molar-refractivity contribution in [2.24, 2.45) is 0 Å². The Labute approximate surface area is 112 Å². The van der Waals surface area contributed by atoms with E-state index < -0.39 is 5.82 Å². The van der Waals surface area contributed by atoms with Gasteiger partial charge in [0.15, 0.2) is 0 Å². The Hall–Kier alpha value is -1.62. The second-order valence-electron chi connectivity index (χ2n) is 5.02. The fourth-order valence-electron chi connectivity index (χ4n) is 2.51. The number of nitrogens with one attached hydrogen (secondary N) is 1. The van der Waals surface area contributed by atoms with E-state index in [0.717, 1.165) is 0 Å². The average molecular weight is 266 g/mol. The van der Waals surface area contributed by atoms with E-state index in [4.69, 9.17) is 4.74 Å². The van der Waals surface area contributed by atoms with Crippen LogP contribution in [0.4, 0.5) is 4.39 Å². The van der Waals surface area contributed by atoms with Crippen molar-refractivity contribution in [1.29, 1.82) is 0 Å². The lowest BCUT2D eigenvalue weighted by molar-refractivity contribution is 0.0670. The van der Waals surface area contributed by atoms with Gasteiger partial charge in [0.05, 0.1) is 12.7 Å². The third-order valence-corrected chi connectivity index (χ3v) is 3.24. The predicted molar refractivity (Wildman–Crippen MR) is 70.9 cm³/mol. The Balaban J connectivity index is 2.26. The van der Waals surface area contributed by atoms with Crippen LogP contribution in [0.25, 0.3) is 0 Å². The lowest BCUT2D eigenvalue weighted by Gasteiger charge is -2.36. The minimum atomic E-state index is -0.430. The van der Waals surface area contributed by atoms with Crippen molar-refractivity contribution in [3.63, 3.8) is 0 Å². The van der Waals surface area contributed by atoms with Crippen LogP contribution in [0, 0.1) is 5.82 Å². The molecule has 0 aromatic heterocycles. The summed E-state index contributed by atoms with van der Waals surface area (Å²) in [6.07, 6.45) is 0. The van der Waals surface area contributed by atoms with Gasteiger partial charge in [-0.25, -0.2) is 4.39 Å². The molecule has 1 fully saturated rings. The number of amides is 1. The molecule has 0 aliphatic carbocycles. The van der Waals surface area contributed by atoms with Crippen LogP contribution < -0.4 is 10.1 Å². The van der Waals surface area contributed by atoms with Gasteiger partial charge in [-0.3, -0.25) is 4.79 Å². The molecule has 1 saturated heterocycles. The lowest BCUT2D eigenvalue weighted by Crippen LogP contribution is -2.55. The van der Waals surface area contributed by atoms with Gasteiger partial charge in [0.1, 0.15) is 11.6 Å². The number of hydrogen-bond donors (Lipinski definition) is 1. The average Bonchev–Trinajstić information content (AvgIpc) is 2.36. The molecule has 4 nitrogen and oxygen atoms in total. The van der Waals surface area contributed by atoms with Gasteiger partial charge in [0.25, 0.3) is 5.91 Å². The Bertz CT molecular complexity index is 469. The molecule has 1 aromatic carbocycles. The van der Waals surface area contributed by atoms with E-state index in [9.17, 15) is 9.18 Å². The first kappa shape index (κ1) is 13.8. The summed E-state index contributed by atoms with van der Waals surface area (Å²) >= 11 is 0. The van der Waals surface area contributed by atoms with Crippen molar-refractivity contribution >= 4 is 5.91 Å². The number of nitrogens with zero attached hydrogens (tertiary/aromatic N) is 1. The Morgan fingerprint density at radius 3 is 2.58 bits per heavy atom. The molecule has 1 aliphatic heterocycles. The Kier molecular flexibility index (Phi) is 4.04. The third kappa shape index (κ3) is 3.04. The summed E-state index contributed by atoms with van der Waals surface area (Å²) in [4.78, 5) is 14.2. The molecule has 1 aromatic rings. The zero-order chi connectivity index (χ0) is 14.0. The van der Waals surface area contributed by atoms with Crippen molar-refractivity contribution < 1.29 is 13.9 Å². The van der Waals surface area contributed by atoms with Crippen LogP contribution in [-0.2, 0) is 0 Å². The molecule has 1 heterocycles. The second kappa shape index (κ2) is 5.57. The molecule has 19 heavy (non-hydrogen) atoms. The monoisotopic (exact) mass is 266 g/mol. The van der Waals surface area contributed by atoms with Gasteiger partial charge in [0.2, 0.25) is 0 Å². The van der Waals surface area contributed by atoms with Crippen LogP contribution in [0.1, 0.15) is 24.2 Å². The minimum Gasteiger partial charge on any atom is -0.496 e. The van der Waals surface area contributed by atoms with E-state index in [2.05, 4.69) is 5.32 Å². The van der Waals surface area contributed by atoms with Crippen LogP contribution in [0.3, 0.4) is 0 Å². The summed E-state index contributed by atoms with van der Waals surface area (Å²) in [7, 11) is 1.48. The highest BCUT2D eigenvalue weighted by Crippen LogP contribution is 2.22. The molecule has 2 atom stereocenters. The van der Waals surface area contributed by atoms with E-state index in [1.165, 1.54) is 25.3 Å². The van der Waals surface area contributed by atoms with E-state index in [-0.39, 0.29) is 23.6 Å². The molecule has 5 heteroatoms. The van der Waals surface area contributed by atoms with E-state index >= 15 is 0 Å². The van der Waals surface area contributed by atoms with Crippen molar-refractivity contribution in [2.45, 2.75) is 25.9 Å². The molecule has 2 rings (SSSR count). The number of carbonyl (C=O) groups is 1. The fraction of sp³-hybridized carbons (Fsp3) is 0.500. The van der Waals surface area contributed by atoms with Crippen molar-refractivity contribution in [3.05, 3.63) is 29.6 Å². The maximum absolute atomic E-state index is 13.3. The van der Waals surface area contributed by atoms with Gasteiger partial charge in [-0.2, -0.15) is 0 Å². The quantitative estimate of drug-likeness (QED) is 0.885. The number of methoxy groups -OCH3 is 1. The van der Waals surface area contributed by atoms with Gasteiger partial charge in [-0.15, -0.1) is 0 Å². The van der Waals surface area contributed by atoms with E-state index in [0.29, 0.717) is 18.8 Å². The molecule has 1 N–H and O–H groups in total. The number of piperazine rings is 1. The molecule has 1 aliphatic rings. The first-order valence-corrected chi connectivity index (χ1v) is 6.40. The summed E-state index contributed by atoms with van der Waals surface area (Å²) in [6, 6.07) is 4.47. The normalized spacial score (nSPS) is 23.3. The summed E-state index contributed by atoms with van der Waals surface area (Å²) in [5.41, 5.74) is 0.281. The van der Waals surface area contributed by atoms with E-state index in [1.54, 1.807) is 4.90 Å². The van der Waals surface area contributed by atoms with Crippen molar-refractivity contribution in [2.75, 3.05) is 20.2 Å². The molecule has 104 valence electrons. The molecular weight excluding hydrogens is 247 g/mol. The van der Waals surface area contributed by atoms with Crippen molar-refractivity contribution in [3.8, 4) is 5.75 Å². The van der Waals surface area contributed by atoms with Gasteiger partial charge in [-0.05, 0) is 32.0 Å². The molecule has 0 radical (unpaired) electrons. The highest BCUT2D eigenvalue weighted by Gasteiger charge is 2.27. The topological polar surface area (TPSA) is 41.6 Å². The second-order valence-corrected chi connectivity index (χ2v) is 5.02. The van der Waals surface area contributed by atoms with E-state index in [1.807, 2.05) is 13.8 Å². The third-order valence-electron chi connectivity index (χ3n) is 3.24. The first-order chi connectivity index (χ1) is 9.01. The molecule has 0 saturated carbocycles. The zero-order valence-corrected chi connectivity index (χ0v) is 11.4. The molecular formula is C14H19FN2O2. The Morgan fingerprint density at radius 2 is 2.00 bits per heavy atom. The van der Waals surface area contributed by atoms with Gasteiger partial charge < -0.3 is 15.0 Å². The summed E-state index contributed by atoms with van der Waals surface area (Å²) in [6.45, 7) is 5.28. The van der Waals surface area contributed by atoms with Crippen LogP contribution in [0.2, 0.25) is 0 Å². The molecule has 0 bridgehead atoms. The Morgan fingerprint density at radius 1 is 1.37 bits per heavy atom. The zero-order valence-electron chi connectivity index (χ0n) is 11.4. The van der Waals surface area contributed by atoms with Gasteiger partial charge in [0, 0.05) is 25.2 Å². The number of hydrogen-bond acceptors (Lipinski definition) is 3. The SMILES string of the molecule is COc1ccc(F)cc1C(=O)N1C[C@@H](C)N[C@H](C)C1. The predicted octanol–water partition coefficient (Wildman–Crippen LogP) is 1.66.